The van der Waals surface area contributed by atoms with Crippen molar-refractivity contribution in [2.24, 2.45) is 14.1 Å². The first-order valence-electron chi connectivity index (χ1n) is 9.21. The molecule has 0 aromatic carbocycles. The van der Waals surface area contributed by atoms with Gasteiger partial charge in [0.1, 0.15) is 16.4 Å². The minimum atomic E-state index is -4.08. The standard InChI is InChI=1S/C18H21N5O4S2/c1-21-15(10-16(24)22(2)18(21)25)20-29(26,27)14-11-23(12-6-3-4-7-12)19-17(14)13-8-5-9-28-13/h5,8-12,20H,3-4,6-7H2,1-2H3. The SMILES string of the molecule is Cn1c(NS(=O)(=O)c2cn(C3CCCC3)nc2-c2cccs2)cc(=O)n(C)c1=O. The third-order valence-corrected chi connectivity index (χ3v) is 7.44. The molecule has 1 aliphatic rings. The molecule has 0 unspecified atom stereocenters. The van der Waals surface area contributed by atoms with Crippen molar-refractivity contribution in [3.05, 3.63) is 50.6 Å². The number of nitrogens with zero attached hydrogens (tertiary/aromatic N) is 4. The topological polar surface area (TPSA) is 108 Å². The lowest BCUT2D eigenvalue weighted by molar-refractivity contribution is 0.467. The van der Waals surface area contributed by atoms with E-state index in [0.29, 0.717) is 5.69 Å². The second-order valence-electron chi connectivity index (χ2n) is 7.11. The van der Waals surface area contributed by atoms with Crippen LogP contribution < -0.4 is 16.0 Å². The fraction of sp³-hybridized carbons (Fsp3) is 0.389. The van der Waals surface area contributed by atoms with E-state index in [1.165, 1.54) is 25.4 Å². The first-order chi connectivity index (χ1) is 13.8. The number of sulfonamides is 1. The predicted molar refractivity (Wildman–Crippen MR) is 111 cm³/mol. The van der Waals surface area contributed by atoms with Crippen LogP contribution >= 0.6 is 11.3 Å². The van der Waals surface area contributed by atoms with Crippen LogP contribution in [0, 0.1) is 0 Å². The minimum absolute atomic E-state index is 0.0278. The van der Waals surface area contributed by atoms with Crippen LogP contribution in [0.2, 0.25) is 0 Å². The molecular formula is C18H21N5O4S2. The number of rotatable bonds is 5. The van der Waals surface area contributed by atoms with Crippen LogP contribution in [0.3, 0.4) is 0 Å². The number of anilines is 1. The van der Waals surface area contributed by atoms with E-state index in [1.54, 1.807) is 10.9 Å². The van der Waals surface area contributed by atoms with Crippen LogP contribution in [0.4, 0.5) is 5.82 Å². The number of hydrogen-bond donors (Lipinski definition) is 1. The van der Waals surface area contributed by atoms with Crippen molar-refractivity contribution in [1.82, 2.24) is 18.9 Å². The molecule has 0 spiro atoms. The summed E-state index contributed by atoms with van der Waals surface area (Å²) in [7, 11) is -1.34. The fourth-order valence-corrected chi connectivity index (χ4v) is 5.56. The molecule has 1 N–H and O–H groups in total. The summed E-state index contributed by atoms with van der Waals surface area (Å²) >= 11 is 1.40. The molecule has 29 heavy (non-hydrogen) atoms. The highest BCUT2D eigenvalue weighted by molar-refractivity contribution is 7.92. The minimum Gasteiger partial charge on any atom is -0.282 e. The van der Waals surface area contributed by atoms with Gasteiger partial charge < -0.3 is 0 Å². The molecule has 0 amide bonds. The summed E-state index contributed by atoms with van der Waals surface area (Å²) in [5.74, 6) is -0.0937. The highest BCUT2D eigenvalue weighted by Gasteiger charge is 2.28. The van der Waals surface area contributed by atoms with Gasteiger partial charge in [-0.1, -0.05) is 18.9 Å². The molecule has 3 heterocycles. The summed E-state index contributed by atoms with van der Waals surface area (Å²) in [6.07, 6.45) is 5.65. The lowest BCUT2D eigenvalue weighted by atomic mass is 10.3. The Morgan fingerprint density at radius 2 is 1.90 bits per heavy atom. The van der Waals surface area contributed by atoms with Crippen LogP contribution in [0.1, 0.15) is 31.7 Å². The predicted octanol–water partition coefficient (Wildman–Crippen LogP) is 1.92. The van der Waals surface area contributed by atoms with Gasteiger partial charge in [0.2, 0.25) is 0 Å². The first kappa shape index (κ1) is 19.6. The van der Waals surface area contributed by atoms with E-state index >= 15 is 0 Å². The van der Waals surface area contributed by atoms with E-state index in [2.05, 4.69) is 9.82 Å². The Morgan fingerprint density at radius 1 is 1.17 bits per heavy atom. The Balaban J connectivity index is 1.81. The highest BCUT2D eigenvalue weighted by Crippen LogP contribution is 2.35. The van der Waals surface area contributed by atoms with Crippen LogP contribution in [0.5, 0.6) is 0 Å². The lowest BCUT2D eigenvalue weighted by Gasteiger charge is -2.12. The normalized spacial score (nSPS) is 15.1. The zero-order valence-electron chi connectivity index (χ0n) is 16.0. The van der Waals surface area contributed by atoms with Gasteiger partial charge >= 0.3 is 5.69 Å². The quantitative estimate of drug-likeness (QED) is 0.659. The molecule has 11 heteroatoms. The molecule has 0 bridgehead atoms. The van der Waals surface area contributed by atoms with Gasteiger partial charge in [-0.2, -0.15) is 5.10 Å². The van der Waals surface area contributed by atoms with Crippen LogP contribution in [-0.4, -0.2) is 27.3 Å². The van der Waals surface area contributed by atoms with Crippen molar-refractivity contribution >= 4 is 27.2 Å². The van der Waals surface area contributed by atoms with Crippen molar-refractivity contribution in [2.45, 2.75) is 36.6 Å². The Labute approximate surface area is 171 Å². The van der Waals surface area contributed by atoms with E-state index in [1.807, 2.05) is 17.5 Å². The monoisotopic (exact) mass is 435 g/mol. The number of nitrogens with one attached hydrogen (secondary N) is 1. The van der Waals surface area contributed by atoms with Crippen molar-refractivity contribution in [2.75, 3.05) is 4.72 Å². The fourth-order valence-electron chi connectivity index (χ4n) is 3.53. The summed E-state index contributed by atoms with van der Waals surface area (Å²) < 4.78 is 32.6. The van der Waals surface area contributed by atoms with E-state index in [9.17, 15) is 18.0 Å². The van der Waals surface area contributed by atoms with Gasteiger partial charge in [0.05, 0.1) is 10.9 Å². The highest BCUT2D eigenvalue weighted by atomic mass is 32.2. The largest absolute Gasteiger partial charge is 0.332 e. The summed E-state index contributed by atoms with van der Waals surface area (Å²) in [5, 5.41) is 6.45. The van der Waals surface area contributed by atoms with Gasteiger partial charge in [-0.25, -0.2) is 13.2 Å². The Hall–Kier alpha value is -2.66. The molecule has 4 rings (SSSR count). The molecule has 0 radical (unpaired) electrons. The van der Waals surface area contributed by atoms with Gasteiger partial charge in [-0.3, -0.25) is 23.3 Å². The third-order valence-electron chi connectivity index (χ3n) is 5.21. The Bertz CT molecular complexity index is 1260. The van der Waals surface area contributed by atoms with Crippen molar-refractivity contribution < 1.29 is 8.42 Å². The molecule has 9 nitrogen and oxygen atoms in total. The molecule has 0 saturated heterocycles. The summed E-state index contributed by atoms with van der Waals surface area (Å²) in [6.45, 7) is 0. The van der Waals surface area contributed by atoms with Crippen LogP contribution in [-0.2, 0) is 24.1 Å². The molecule has 3 aromatic heterocycles. The Kier molecular flexibility index (Phi) is 4.95. The molecule has 0 atom stereocenters. The second-order valence-corrected chi connectivity index (χ2v) is 9.71. The van der Waals surface area contributed by atoms with Gasteiger partial charge in [-0.05, 0) is 24.3 Å². The van der Waals surface area contributed by atoms with E-state index in [0.717, 1.165) is 45.8 Å². The molecule has 0 aliphatic heterocycles. The lowest BCUT2D eigenvalue weighted by Crippen LogP contribution is -2.38. The first-order valence-corrected chi connectivity index (χ1v) is 11.6. The van der Waals surface area contributed by atoms with Crippen LogP contribution in [0.15, 0.2) is 44.3 Å². The molecule has 1 saturated carbocycles. The number of aromatic nitrogens is 4. The molecule has 3 aromatic rings. The molecular weight excluding hydrogens is 414 g/mol. The number of hydrogen-bond acceptors (Lipinski definition) is 6. The maximum atomic E-state index is 13.2. The third kappa shape index (κ3) is 3.55. The van der Waals surface area contributed by atoms with Gasteiger partial charge in [0, 0.05) is 26.4 Å². The molecule has 154 valence electrons. The van der Waals surface area contributed by atoms with Crippen LogP contribution in [0.25, 0.3) is 10.6 Å². The maximum absolute atomic E-state index is 13.2. The summed E-state index contributed by atoms with van der Waals surface area (Å²) in [6, 6.07) is 4.92. The average Bonchev–Trinajstić information content (AvgIpc) is 3.43. The smallest absolute Gasteiger partial charge is 0.282 e. The Morgan fingerprint density at radius 3 is 2.55 bits per heavy atom. The number of thiophene rings is 1. The molecule has 1 aliphatic carbocycles. The van der Waals surface area contributed by atoms with Gasteiger partial charge in [0.15, 0.2) is 0 Å². The zero-order chi connectivity index (χ0) is 20.8. The van der Waals surface area contributed by atoms with Crippen molar-refractivity contribution in [3.8, 4) is 10.6 Å². The summed E-state index contributed by atoms with van der Waals surface area (Å²) in [5.41, 5.74) is -0.838. The van der Waals surface area contributed by atoms with E-state index in [4.69, 9.17) is 0 Å². The molecule has 1 fully saturated rings. The van der Waals surface area contributed by atoms with E-state index in [-0.39, 0.29) is 16.8 Å². The van der Waals surface area contributed by atoms with Crippen molar-refractivity contribution in [3.63, 3.8) is 0 Å². The van der Waals surface area contributed by atoms with Gasteiger partial charge in [-0.15, -0.1) is 11.3 Å². The average molecular weight is 436 g/mol. The van der Waals surface area contributed by atoms with Crippen molar-refractivity contribution in [1.29, 1.82) is 0 Å². The second kappa shape index (κ2) is 7.30. The summed E-state index contributed by atoms with van der Waals surface area (Å²) in [4.78, 5) is 24.9. The van der Waals surface area contributed by atoms with Gasteiger partial charge in [0.25, 0.3) is 15.6 Å². The maximum Gasteiger partial charge on any atom is 0.332 e. The van der Waals surface area contributed by atoms with E-state index < -0.39 is 21.3 Å². The zero-order valence-corrected chi connectivity index (χ0v) is 17.7.